The molecule has 1 aromatic heterocycles. The first-order valence-corrected chi connectivity index (χ1v) is 3.43. The van der Waals surface area contributed by atoms with Crippen LogP contribution in [0.3, 0.4) is 0 Å². The molecule has 3 nitrogen and oxygen atoms in total. The third-order valence-electron chi connectivity index (χ3n) is 1.59. The van der Waals surface area contributed by atoms with E-state index in [1.54, 1.807) is 7.11 Å². The van der Waals surface area contributed by atoms with Gasteiger partial charge in [-0.05, 0) is 25.5 Å². The first-order valence-electron chi connectivity index (χ1n) is 3.43. The Kier molecular flexibility index (Phi) is 1.98. The molecular weight excluding hydrogens is 140 g/mol. The zero-order valence-electron chi connectivity index (χ0n) is 7.01. The van der Waals surface area contributed by atoms with Gasteiger partial charge in [0.1, 0.15) is 5.82 Å². The highest BCUT2D eigenvalue weighted by molar-refractivity contribution is 5.44. The Hall–Kier alpha value is -1.25. The summed E-state index contributed by atoms with van der Waals surface area (Å²) >= 11 is 0. The minimum Gasteiger partial charge on any atom is -0.481 e. The van der Waals surface area contributed by atoms with Crippen LogP contribution in [-0.2, 0) is 0 Å². The molecular formula is C8H12N2O. The zero-order chi connectivity index (χ0) is 8.43. The molecule has 1 aromatic rings. The number of ether oxygens (including phenoxy) is 1. The molecule has 1 heterocycles. The van der Waals surface area contributed by atoms with Gasteiger partial charge in [-0.3, -0.25) is 0 Å². The van der Waals surface area contributed by atoms with E-state index in [2.05, 4.69) is 4.98 Å². The highest BCUT2D eigenvalue weighted by Crippen LogP contribution is 2.18. The second kappa shape index (κ2) is 2.78. The van der Waals surface area contributed by atoms with Gasteiger partial charge in [-0.25, -0.2) is 0 Å². The number of hydrogen-bond acceptors (Lipinski definition) is 3. The Morgan fingerprint density at radius 3 is 2.55 bits per heavy atom. The molecule has 0 fully saturated rings. The molecule has 0 bridgehead atoms. The van der Waals surface area contributed by atoms with Crippen molar-refractivity contribution in [2.45, 2.75) is 13.8 Å². The normalized spacial score (nSPS) is 9.73. The van der Waals surface area contributed by atoms with Gasteiger partial charge >= 0.3 is 0 Å². The number of pyridine rings is 1. The van der Waals surface area contributed by atoms with E-state index in [1.807, 2.05) is 19.9 Å². The van der Waals surface area contributed by atoms with E-state index in [1.165, 1.54) is 0 Å². The fourth-order valence-electron chi connectivity index (χ4n) is 0.953. The molecule has 0 aliphatic heterocycles. The summed E-state index contributed by atoms with van der Waals surface area (Å²) in [6.45, 7) is 3.87. The van der Waals surface area contributed by atoms with Gasteiger partial charge in [0.15, 0.2) is 0 Å². The number of nitrogen functional groups attached to an aromatic ring is 1. The molecule has 0 saturated carbocycles. The fraction of sp³-hybridized carbons (Fsp3) is 0.375. The number of hydrogen-bond donors (Lipinski definition) is 1. The summed E-state index contributed by atoms with van der Waals surface area (Å²) in [5.74, 6) is 1.14. The van der Waals surface area contributed by atoms with Gasteiger partial charge in [-0.1, -0.05) is 0 Å². The molecule has 0 amide bonds. The number of aryl methyl sites for hydroxylation is 2. The van der Waals surface area contributed by atoms with Gasteiger partial charge < -0.3 is 10.5 Å². The highest BCUT2D eigenvalue weighted by Gasteiger charge is 2.02. The van der Waals surface area contributed by atoms with Crippen molar-refractivity contribution in [2.24, 2.45) is 0 Å². The molecule has 60 valence electrons. The van der Waals surface area contributed by atoms with Gasteiger partial charge in [0.05, 0.1) is 7.11 Å². The molecule has 0 saturated heterocycles. The van der Waals surface area contributed by atoms with E-state index >= 15 is 0 Å². The lowest BCUT2D eigenvalue weighted by molar-refractivity contribution is 0.395. The molecule has 0 spiro atoms. The van der Waals surface area contributed by atoms with E-state index in [-0.39, 0.29) is 0 Å². The number of nitrogens with two attached hydrogens (primary N) is 1. The van der Waals surface area contributed by atoms with Gasteiger partial charge in [-0.15, -0.1) is 0 Å². The minimum absolute atomic E-state index is 0.535. The molecule has 11 heavy (non-hydrogen) atoms. The summed E-state index contributed by atoms with van der Waals surface area (Å²) in [6, 6.07) is 1.96. The highest BCUT2D eigenvalue weighted by atomic mass is 16.5. The largest absolute Gasteiger partial charge is 0.481 e. The van der Waals surface area contributed by atoms with Crippen molar-refractivity contribution in [1.82, 2.24) is 4.98 Å². The summed E-state index contributed by atoms with van der Waals surface area (Å²) in [5, 5.41) is 0. The smallest absolute Gasteiger partial charge is 0.217 e. The van der Waals surface area contributed by atoms with Crippen molar-refractivity contribution in [1.29, 1.82) is 0 Å². The van der Waals surface area contributed by atoms with Gasteiger partial charge in [0, 0.05) is 5.56 Å². The van der Waals surface area contributed by atoms with Crippen molar-refractivity contribution >= 4 is 5.82 Å². The Morgan fingerprint density at radius 2 is 2.00 bits per heavy atom. The lowest BCUT2D eigenvalue weighted by atomic mass is 10.2. The van der Waals surface area contributed by atoms with Crippen LogP contribution in [0.15, 0.2) is 6.07 Å². The Labute approximate surface area is 66.2 Å². The maximum absolute atomic E-state index is 5.57. The summed E-state index contributed by atoms with van der Waals surface area (Å²) in [7, 11) is 1.59. The van der Waals surface area contributed by atoms with E-state index in [0.29, 0.717) is 11.7 Å². The third-order valence-corrected chi connectivity index (χ3v) is 1.59. The molecule has 0 radical (unpaired) electrons. The summed E-state index contributed by atoms with van der Waals surface area (Å²) < 4.78 is 4.99. The van der Waals surface area contributed by atoms with Crippen LogP contribution in [0.4, 0.5) is 5.82 Å². The lowest BCUT2D eigenvalue weighted by Gasteiger charge is -2.05. The predicted molar refractivity (Wildman–Crippen MR) is 44.7 cm³/mol. The van der Waals surface area contributed by atoms with Gasteiger partial charge in [0.25, 0.3) is 0 Å². The minimum atomic E-state index is 0.535. The monoisotopic (exact) mass is 152 g/mol. The van der Waals surface area contributed by atoms with Crippen LogP contribution < -0.4 is 10.5 Å². The first kappa shape index (κ1) is 7.85. The van der Waals surface area contributed by atoms with Crippen LogP contribution in [0, 0.1) is 13.8 Å². The SMILES string of the molecule is COc1nc(N)c(C)cc1C. The van der Waals surface area contributed by atoms with Crippen molar-refractivity contribution in [3.8, 4) is 5.88 Å². The molecule has 0 aliphatic carbocycles. The van der Waals surface area contributed by atoms with Crippen LogP contribution >= 0.6 is 0 Å². The van der Waals surface area contributed by atoms with Crippen molar-refractivity contribution in [2.75, 3.05) is 12.8 Å². The predicted octanol–water partition coefficient (Wildman–Crippen LogP) is 1.29. The molecule has 0 aliphatic rings. The summed E-state index contributed by atoms with van der Waals surface area (Å²) in [5.41, 5.74) is 7.58. The van der Waals surface area contributed by atoms with Crippen LogP contribution in [0.5, 0.6) is 5.88 Å². The van der Waals surface area contributed by atoms with Crippen molar-refractivity contribution in [3.05, 3.63) is 17.2 Å². The second-order valence-corrected chi connectivity index (χ2v) is 2.52. The summed E-state index contributed by atoms with van der Waals surface area (Å²) in [6.07, 6.45) is 0. The summed E-state index contributed by atoms with van der Waals surface area (Å²) in [4.78, 5) is 4.05. The maximum Gasteiger partial charge on any atom is 0.217 e. The van der Waals surface area contributed by atoms with Gasteiger partial charge in [-0.2, -0.15) is 4.98 Å². The van der Waals surface area contributed by atoms with Crippen molar-refractivity contribution < 1.29 is 4.74 Å². The van der Waals surface area contributed by atoms with Crippen LogP contribution in [0.25, 0.3) is 0 Å². The first-order chi connectivity index (χ1) is 5.15. The molecule has 3 heteroatoms. The third kappa shape index (κ3) is 1.42. The van der Waals surface area contributed by atoms with E-state index in [4.69, 9.17) is 10.5 Å². The molecule has 1 rings (SSSR count). The second-order valence-electron chi connectivity index (χ2n) is 2.52. The number of rotatable bonds is 1. The topological polar surface area (TPSA) is 48.1 Å². The van der Waals surface area contributed by atoms with Gasteiger partial charge in [0.2, 0.25) is 5.88 Å². The Morgan fingerprint density at radius 1 is 1.36 bits per heavy atom. The maximum atomic E-state index is 5.57. The van der Waals surface area contributed by atoms with E-state index in [9.17, 15) is 0 Å². The Bertz CT molecular complexity index is 271. The molecule has 0 unspecified atom stereocenters. The van der Waals surface area contributed by atoms with Crippen molar-refractivity contribution in [3.63, 3.8) is 0 Å². The standard InChI is InChI=1S/C8H12N2O/c1-5-4-6(2)8(11-3)10-7(5)9/h4H,1-3H3,(H2,9,10). The van der Waals surface area contributed by atoms with E-state index in [0.717, 1.165) is 11.1 Å². The van der Waals surface area contributed by atoms with E-state index < -0.39 is 0 Å². The number of nitrogens with zero attached hydrogens (tertiary/aromatic N) is 1. The zero-order valence-corrected chi connectivity index (χ0v) is 7.01. The molecule has 0 atom stereocenters. The Balaban J connectivity index is 3.21. The number of aromatic nitrogens is 1. The molecule has 2 N–H and O–H groups in total. The number of methoxy groups -OCH3 is 1. The lowest BCUT2D eigenvalue weighted by Crippen LogP contribution is -1.98. The average Bonchev–Trinajstić information content (AvgIpc) is 1.97. The van der Waals surface area contributed by atoms with Crippen LogP contribution in [0.2, 0.25) is 0 Å². The van der Waals surface area contributed by atoms with Crippen LogP contribution in [-0.4, -0.2) is 12.1 Å². The van der Waals surface area contributed by atoms with Crippen LogP contribution in [0.1, 0.15) is 11.1 Å². The fourth-order valence-corrected chi connectivity index (χ4v) is 0.953. The number of anilines is 1. The quantitative estimate of drug-likeness (QED) is 0.659. The average molecular weight is 152 g/mol. The molecule has 0 aromatic carbocycles.